The van der Waals surface area contributed by atoms with E-state index in [1.165, 1.54) is 18.2 Å². The summed E-state index contributed by atoms with van der Waals surface area (Å²) in [7, 11) is -4.15. The zero-order valence-electron chi connectivity index (χ0n) is 13.8. The van der Waals surface area contributed by atoms with Crippen LogP contribution in [0.2, 0.25) is 10.0 Å². The predicted molar refractivity (Wildman–Crippen MR) is 99.0 cm³/mol. The molecule has 3 rings (SSSR count). The predicted octanol–water partition coefficient (Wildman–Crippen LogP) is 2.99. The molecule has 7 nitrogen and oxygen atoms in total. The topological polar surface area (TPSA) is 92.8 Å². The zero-order valence-corrected chi connectivity index (χ0v) is 16.1. The van der Waals surface area contributed by atoms with Crippen LogP contribution in [0.25, 0.3) is 0 Å². The minimum atomic E-state index is -4.15. The van der Waals surface area contributed by atoms with Gasteiger partial charge in [-0.2, -0.15) is 0 Å². The third kappa shape index (κ3) is 4.24. The Bertz CT molecular complexity index is 946. The lowest BCUT2D eigenvalue weighted by Gasteiger charge is -2.23. The normalized spacial score (nSPS) is 15.7. The molecule has 1 aliphatic heterocycles. The average molecular weight is 429 g/mol. The standard InChI is InChI=1S/C17H14Cl2N2O5S/c18-12-7-4-8-13(19)16(12)27(24,25)20-14(11-5-2-1-3-6-11)9-21-15(22)10-26-17(21)23/h1-8,14,20H,9-10H2. The Hall–Kier alpha value is -2.13. The molecule has 2 aromatic rings. The maximum atomic E-state index is 12.9. The number of carbonyl (C=O) groups excluding carboxylic acids is 2. The van der Waals surface area contributed by atoms with Crippen LogP contribution in [0.5, 0.6) is 0 Å². The first-order valence-corrected chi connectivity index (χ1v) is 10.0. The lowest BCUT2D eigenvalue weighted by atomic mass is 10.1. The highest BCUT2D eigenvalue weighted by atomic mass is 35.5. The number of hydrogen-bond donors (Lipinski definition) is 1. The van der Waals surface area contributed by atoms with Crippen molar-refractivity contribution < 1.29 is 22.7 Å². The Morgan fingerprint density at radius 1 is 1.04 bits per heavy atom. The van der Waals surface area contributed by atoms with Gasteiger partial charge in [0.05, 0.1) is 22.6 Å². The fourth-order valence-electron chi connectivity index (χ4n) is 2.62. The Labute approximate surface area is 165 Å². The van der Waals surface area contributed by atoms with Crippen molar-refractivity contribution >= 4 is 45.2 Å². The first-order valence-electron chi connectivity index (χ1n) is 7.78. The highest BCUT2D eigenvalue weighted by Crippen LogP contribution is 2.30. The smallest absolute Gasteiger partial charge is 0.417 e. The van der Waals surface area contributed by atoms with Gasteiger partial charge in [0, 0.05) is 0 Å². The van der Waals surface area contributed by atoms with Gasteiger partial charge in [0.1, 0.15) is 4.90 Å². The summed E-state index contributed by atoms with van der Waals surface area (Å²) in [5.41, 5.74) is 0.553. The lowest BCUT2D eigenvalue weighted by molar-refractivity contribution is -0.126. The molecule has 1 saturated heterocycles. The van der Waals surface area contributed by atoms with Gasteiger partial charge >= 0.3 is 6.09 Å². The summed E-state index contributed by atoms with van der Waals surface area (Å²) in [5.74, 6) is -0.545. The van der Waals surface area contributed by atoms with Crippen molar-refractivity contribution in [2.24, 2.45) is 0 Å². The summed E-state index contributed by atoms with van der Waals surface area (Å²) < 4.78 is 33.0. The van der Waals surface area contributed by atoms with E-state index in [0.717, 1.165) is 4.90 Å². The number of ether oxygens (including phenoxy) is 1. The average Bonchev–Trinajstić information content (AvgIpc) is 2.93. The number of sulfonamides is 1. The van der Waals surface area contributed by atoms with Crippen molar-refractivity contribution in [1.29, 1.82) is 0 Å². The van der Waals surface area contributed by atoms with E-state index in [4.69, 9.17) is 23.2 Å². The number of hydrogen-bond acceptors (Lipinski definition) is 5. The number of imide groups is 1. The Morgan fingerprint density at radius 2 is 1.67 bits per heavy atom. The lowest BCUT2D eigenvalue weighted by Crippen LogP contribution is -2.40. The maximum Gasteiger partial charge on any atom is 0.417 e. The van der Waals surface area contributed by atoms with Gasteiger partial charge in [0.2, 0.25) is 10.0 Å². The quantitative estimate of drug-likeness (QED) is 0.762. The van der Waals surface area contributed by atoms with Crippen LogP contribution in [-0.4, -0.2) is 38.5 Å². The van der Waals surface area contributed by atoms with Gasteiger partial charge in [-0.15, -0.1) is 0 Å². The van der Waals surface area contributed by atoms with E-state index in [9.17, 15) is 18.0 Å². The summed E-state index contributed by atoms with van der Waals surface area (Å²) in [4.78, 5) is 24.2. The summed E-state index contributed by atoms with van der Waals surface area (Å²) in [6.45, 7) is -0.605. The van der Waals surface area contributed by atoms with Crippen LogP contribution in [0.3, 0.4) is 0 Å². The monoisotopic (exact) mass is 428 g/mol. The Morgan fingerprint density at radius 3 is 2.22 bits per heavy atom. The Balaban J connectivity index is 1.96. The molecule has 1 heterocycles. The number of rotatable bonds is 6. The molecule has 27 heavy (non-hydrogen) atoms. The highest BCUT2D eigenvalue weighted by molar-refractivity contribution is 7.89. The summed E-state index contributed by atoms with van der Waals surface area (Å²) >= 11 is 12.0. The number of nitrogens with zero attached hydrogens (tertiary/aromatic N) is 1. The maximum absolute atomic E-state index is 12.9. The molecule has 1 aliphatic rings. The van der Waals surface area contributed by atoms with E-state index in [-0.39, 0.29) is 28.1 Å². The Kier molecular flexibility index (Phi) is 5.71. The van der Waals surface area contributed by atoms with Crippen LogP contribution < -0.4 is 4.72 Å². The summed E-state index contributed by atoms with van der Waals surface area (Å²) in [5, 5.41) is -0.0862. The fourth-order valence-corrected chi connectivity index (χ4v) is 4.98. The minimum Gasteiger partial charge on any atom is -0.439 e. The molecule has 1 N–H and O–H groups in total. The second-order valence-corrected chi connectivity index (χ2v) is 8.16. The SMILES string of the molecule is O=C1COC(=O)N1CC(NS(=O)(=O)c1c(Cl)cccc1Cl)c1ccccc1. The molecule has 142 valence electrons. The largest absolute Gasteiger partial charge is 0.439 e. The van der Waals surface area contributed by atoms with E-state index >= 15 is 0 Å². The van der Waals surface area contributed by atoms with Gasteiger partial charge < -0.3 is 4.74 Å². The van der Waals surface area contributed by atoms with E-state index in [1.54, 1.807) is 30.3 Å². The van der Waals surface area contributed by atoms with Crippen LogP contribution in [0.1, 0.15) is 11.6 Å². The van der Waals surface area contributed by atoms with Crippen molar-refractivity contribution in [2.75, 3.05) is 13.2 Å². The van der Waals surface area contributed by atoms with Gasteiger partial charge in [-0.25, -0.2) is 22.8 Å². The van der Waals surface area contributed by atoms with Crippen LogP contribution in [0, 0.1) is 0 Å². The van der Waals surface area contributed by atoms with Crippen LogP contribution in [0.15, 0.2) is 53.4 Å². The highest BCUT2D eigenvalue weighted by Gasteiger charge is 2.35. The molecule has 0 saturated carbocycles. The molecule has 2 amide bonds. The number of amides is 2. The zero-order chi connectivity index (χ0) is 19.6. The fraction of sp³-hybridized carbons (Fsp3) is 0.176. The van der Waals surface area contributed by atoms with Crippen LogP contribution >= 0.6 is 23.2 Å². The molecule has 1 unspecified atom stereocenters. The summed E-state index contributed by atoms with van der Waals surface area (Å²) in [6, 6.07) is 11.9. The van der Waals surface area contributed by atoms with Gasteiger partial charge in [-0.1, -0.05) is 59.6 Å². The van der Waals surface area contributed by atoms with Crippen molar-refractivity contribution in [1.82, 2.24) is 9.62 Å². The number of nitrogens with one attached hydrogen (secondary N) is 1. The van der Waals surface area contributed by atoms with Gasteiger partial charge in [0.25, 0.3) is 5.91 Å². The number of halogens is 2. The van der Waals surface area contributed by atoms with Crippen LogP contribution in [-0.2, 0) is 19.6 Å². The third-order valence-electron chi connectivity index (χ3n) is 3.89. The van der Waals surface area contributed by atoms with Gasteiger partial charge in [0.15, 0.2) is 6.61 Å². The molecule has 0 aromatic heterocycles. The van der Waals surface area contributed by atoms with E-state index in [2.05, 4.69) is 9.46 Å². The number of cyclic esters (lactones) is 1. The van der Waals surface area contributed by atoms with Gasteiger partial charge in [-0.05, 0) is 17.7 Å². The van der Waals surface area contributed by atoms with E-state index in [0.29, 0.717) is 5.56 Å². The van der Waals surface area contributed by atoms with Crippen molar-refractivity contribution in [2.45, 2.75) is 10.9 Å². The number of benzene rings is 2. The van der Waals surface area contributed by atoms with Crippen LogP contribution in [0.4, 0.5) is 4.79 Å². The first-order chi connectivity index (χ1) is 12.8. The van der Waals surface area contributed by atoms with Gasteiger partial charge in [-0.3, -0.25) is 4.79 Å². The molecular weight excluding hydrogens is 415 g/mol. The molecule has 2 aromatic carbocycles. The van der Waals surface area contributed by atoms with Crippen molar-refractivity contribution in [3.05, 3.63) is 64.1 Å². The number of carbonyl (C=O) groups is 2. The minimum absolute atomic E-state index is 0.0431. The molecule has 0 spiro atoms. The second kappa shape index (κ2) is 7.85. The van der Waals surface area contributed by atoms with E-state index in [1.807, 2.05) is 0 Å². The summed E-state index contributed by atoms with van der Waals surface area (Å²) in [6.07, 6.45) is -0.823. The third-order valence-corrected chi connectivity index (χ3v) is 6.32. The van der Waals surface area contributed by atoms with E-state index < -0.39 is 28.1 Å². The van der Waals surface area contributed by atoms with Crippen molar-refractivity contribution in [3.63, 3.8) is 0 Å². The second-order valence-electron chi connectivity index (χ2n) is 5.69. The molecule has 0 radical (unpaired) electrons. The molecule has 0 aliphatic carbocycles. The molecule has 1 atom stereocenters. The molecule has 1 fully saturated rings. The molecular formula is C17H14Cl2N2O5S. The van der Waals surface area contributed by atoms with Crippen molar-refractivity contribution in [3.8, 4) is 0 Å². The first kappa shape index (κ1) is 19.6. The molecule has 0 bridgehead atoms. The molecule has 10 heteroatoms.